The second-order valence-electron chi connectivity index (χ2n) is 9.29. The van der Waals surface area contributed by atoms with Crippen molar-refractivity contribution in [2.75, 3.05) is 14.2 Å². The number of carbonyl (C=O) groups excluding carboxylic acids is 1. The monoisotopic (exact) mass is 599 g/mol. The van der Waals surface area contributed by atoms with Crippen LogP contribution >= 0.6 is 22.9 Å². The number of ether oxygens (including phenoxy) is 3. The molecular formula is C32H26ClN3O5S. The number of esters is 1. The average Bonchev–Trinajstić information content (AvgIpc) is 3.33. The van der Waals surface area contributed by atoms with Crippen LogP contribution in [-0.4, -0.2) is 24.8 Å². The molecular weight excluding hydrogens is 574 g/mol. The molecule has 5 rings (SSSR count). The van der Waals surface area contributed by atoms with Gasteiger partial charge in [0.1, 0.15) is 6.61 Å². The quantitative estimate of drug-likeness (QED) is 0.267. The highest BCUT2D eigenvalue weighted by Gasteiger charge is 2.33. The number of rotatable bonds is 8. The molecule has 0 N–H and O–H groups in total. The summed E-state index contributed by atoms with van der Waals surface area (Å²) in [6.07, 6.45) is 2.20. The Morgan fingerprint density at radius 2 is 1.88 bits per heavy atom. The Bertz CT molecular complexity index is 1920. The molecule has 0 saturated heterocycles. The van der Waals surface area contributed by atoms with Crippen LogP contribution in [0, 0.1) is 11.3 Å². The molecule has 1 aromatic heterocycles. The maximum atomic E-state index is 13.9. The molecule has 0 bridgehead atoms. The first-order chi connectivity index (χ1) is 20.4. The van der Waals surface area contributed by atoms with Crippen LogP contribution in [0.5, 0.6) is 11.5 Å². The van der Waals surface area contributed by atoms with Gasteiger partial charge < -0.3 is 14.2 Å². The lowest BCUT2D eigenvalue weighted by Crippen LogP contribution is -2.40. The smallest absolute Gasteiger partial charge is 0.338 e. The number of methoxy groups -OCH3 is 2. The Balaban J connectivity index is 1.59. The molecule has 10 heteroatoms. The second kappa shape index (κ2) is 12.5. The van der Waals surface area contributed by atoms with Crippen LogP contribution in [0.15, 0.2) is 87.8 Å². The Kier molecular flexibility index (Phi) is 8.57. The number of allylic oxidation sites excluding steroid dienone is 1. The van der Waals surface area contributed by atoms with Crippen LogP contribution in [0.3, 0.4) is 0 Å². The molecule has 0 radical (unpaired) electrons. The molecule has 8 nitrogen and oxygen atoms in total. The Hall–Kier alpha value is -4.65. The van der Waals surface area contributed by atoms with Crippen molar-refractivity contribution in [3.8, 4) is 17.6 Å². The van der Waals surface area contributed by atoms with Gasteiger partial charge in [0.05, 0.1) is 52.7 Å². The minimum absolute atomic E-state index is 0.125. The van der Waals surface area contributed by atoms with Crippen molar-refractivity contribution < 1.29 is 19.0 Å². The van der Waals surface area contributed by atoms with E-state index in [1.807, 2.05) is 49.4 Å². The molecule has 0 aliphatic carbocycles. The standard InChI is InChI=1S/C32H26ClN3O5S/c1-4-24-27(31(38)40-3)28(20-10-6-5-7-11-20)36-30(37)26(42-32(36)35-24)16-19-14-23(33)29(25(15-19)39-2)41-18-22-13-9-8-12-21(22)17-34/h5-16,28H,4,18H2,1-3H3/b26-16-/t28-/m1/s1. The summed E-state index contributed by atoms with van der Waals surface area (Å²) in [4.78, 5) is 32.0. The van der Waals surface area contributed by atoms with Crippen molar-refractivity contribution in [1.82, 2.24) is 4.57 Å². The maximum Gasteiger partial charge on any atom is 0.338 e. The highest BCUT2D eigenvalue weighted by molar-refractivity contribution is 7.07. The van der Waals surface area contributed by atoms with Crippen molar-refractivity contribution in [1.29, 1.82) is 5.26 Å². The molecule has 1 aliphatic rings. The lowest BCUT2D eigenvalue weighted by atomic mass is 9.95. The zero-order chi connectivity index (χ0) is 29.8. The Labute approximate surface area is 251 Å². The predicted octanol–water partition coefficient (Wildman–Crippen LogP) is 4.91. The van der Waals surface area contributed by atoms with Gasteiger partial charge in [-0.25, -0.2) is 9.79 Å². The first kappa shape index (κ1) is 28.9. The number of hydrogen-bond donors (Lipinski definition) is 0. The number of hydrogen-bond acceptors (Lipinski definition) is 8. The lowest BCUT2D eigenvalue weighted by Gasteiger charge is -2.25. The third kappa shape index (κ3) is 5.47. The van der Waals surface area contributed by atoms with Crippen LogP contribution in [0.25, 0.3) is 6.08 Å². The van der Waals surface area contributed by atoms with E-state index in [4.69, 9.17) is 30.8 Å². The van der Waals surface area contributed by atoms with Crippen LogP contribution in [-0.2, 0) is 16.1 Å². The highest BCUT2D eigenvalue weighted by Crippen LogP contribution is 2.37. The van der Waals surface area contributed by atoms with Crippen molar-refractivity contribution >= 4 is 35.0 Å². The molecule has 2 heterocycles. The largest absolute Gasteiger partial charge is 0.493 e. The van der Waals surface area contributed by atoms with Crippen LogP contribution in [0.1, 0.15) is 41.6 Å². The fourth-order valence-corrected chi connectivity index (χ4v) is 6.13. The van der Waals surface area contributed by atoms with Crippen molar-refractivity contribution in [3.05, 3.63) is 125 Å². The number of aromatic nitrogens is 1. The Morgan fingerprint density at radius 1 is 1.14 bits per heavy atom. The summed E-state index contributed by atoms with van der Waals surface area (Å²) >= 11 is 7.85. The third-order valence-electron chi connectivity index (χ3n) is 6.82. The summed E-state index contributed by atoms with van der Waals surface area (Å²) < 4.78 is 18.6. The van der Waals surface area contributed by atoms with Gasteiger partial charge in [-0.15, -0.1) is 0 Å². The molecule has 0 spiro atoms. The number of fused-ring (bicyclic) bond motifs is 1. The normalized spacial score (nSPS) is 14.5. The minimum atomic E-state index is -0.683. The molecule has 212 valence electrons. The predicted molar refractivity (Wildman–Crippen MR) is 160 cm³/mol. The Morgan fingerprint density at radius 3 is 2.57 bits per heavy atom. The van der Waals surface area contributed by atoms with Gasteiger partial charge in [-0.3, -0.25) is 9.36 Å². The molecule has 3 aromatic carbocycles. The van der Waals surface area contributed by atoms with Crippen molar-refractivity contribution in [2.45, 2.75) is 26.0 Å². The highest BCUT2D eigenvalue weighted by atomic mass is 35.5. The molecule has 0 unspecified atom stereocenters. The van der Waals surface area contributed by atoms with E-state index < -0.39 is 12.0 Å². The van der Waals surface area contributed by atoms with Gasteiger partial charge >= 0.3 is 5.97 Å². The SMILES string of the molecule is CCC1=C(C(=O)OC)[C@@H](c2ccccc2)n2c(s/c(=C\c3cc(Cl)c(OCc4ccccc4C#N)c(OC)c3)c2=O)=N1. The number of nitrogens with zero attached hydrogens (tertiary/aromatic N) is 3. The summed E-state index contributed by atoms with van der Waals surface area (Å²) in [6, 6.07) is 21.4. The molecule has 42 heavy (non-hydrogen) atoms. The topological polar surface area (TPSA) is 103 Å². The van der Waals surface area contributed by atoms with E-state index in [9.17, 15) is 14.9 Å². The van der Waals surface area contributed by atoms with Gasteiger partial charge in [-0.2, -0.15) is 5.26 Å². The number of nitriles is 1. The van der Waals surface area contributed by atoms with Crippen molar-refractivity contribution in [3.63, 3.8) is 0 Å². The number of benzene rings is 3. The number of carbonyl (C=O) groups is 1. The summed E-state index contributed by atoms with van der Waals surface area (Å²) in [7, 11) is 2.82. The van der Waals surface area contributed by atoms with Gasteiger partial charge in [0.25, 0.3) is 5.56 Å². The molecule has 1 atom stereocenters. The molecule has 1 aliphatic heterocycles. The van der Waals surface area contributed by atoms with E-state index in [-0.39, 0.29) is 17.2 Å². The first-order valence-corrected chi connectivity index (χ1v) is 14.3. The van der Waals surface area contributed by atoms with E-state index in [0.29, 0.717) is 55.2 Å². The average molecular weight is 600 g/mol. The second-order valence-corrected chi connectivity index (χ2v) is 10.7. The van der Waals surface area contributed by atoms with Crippen LogP contribution in [0.2, 0.25) is 5.02 Å². The van der Waals surface area contributed by atoms with Gasteiger partial charge in [-0.05, 0) is 41.8 Å². The zero-order valence-corrected chi connectivity index (χ0v) is 24.7. The first-order valence-electron chi connectivity index (χ1n) is 13.1. The molecule has 0 amide bonds. The van der Waals surface area contributed by atoms with Crippen molar-refractivity contribution in [2.24, 2.45) is 4.99 Å². The zero-order valence-electron chi connectivity index (χ0n) is 23.1. The number of thiazole rings is 1. The van der Waals surface area contributed by atoms with Gasteiger partial charge in [0, 0.05) is 5.56 Å². The summed E-state index contributed by atoms with van der Waals surface area (Å²) in [5.41, 5.74) is 3.24. The third-order valence-corrected chi connectivity index (χ3v) is 8.09. The van der Waals surface area contributed by atoms with Gasteiger partial charge in [-0.1, -0.05) is 78.4 Å². The fourth-order valence-electron chi connectivity index (χ4n) is 4.83. The summed E-state index contributed by atoms with van der Waals surface area (Å²) in [5, 5.41) is 9.66. The number of halogens is 1. The van der Waals surface area contributed by atoms with Crippen LogP contribution < -0.4 is 24.4 Å². The summed E-state index contributed by atoms with van der Waals surface area (Å²) in [6.45, 7) is 2.04. The lowest BCUT2D eigenvalue weighted by molar-refractivity contribution is -0.136. The maximum absolute atomic E-state index is 13.9. The van der Waals surface area contributed by atoms with E-state index in [1.54, 1.807) is 34.9 Å². The fraction of sp³-hybridized carbons (Fsp3) is 0.188. The van der Waals surface area contributed by atoms with Crippen LogP contribution in [0.4, 0.5) is 0 Å². The van der Waals surface area contributed by atoms with Gasteiger partial charge in [0.15, 0.2) is 16.3 Å². The van der Waals surface area contributed by atoms with Gasteiger partial charge in [0.2, 0.25) is 0 Å². The molecule has 0 fully saturated rings. The van der Waals surface area contributed by atoms with E-state index >= 15 is 0 Å². The van der Waals surface area contributed by atoms with E-state index in [1.165, 1.54) is 25.6 Å². The van der Waals surface area contributed by atoms with E-state index in [2.05, 4.69) is 6.07 Å². The summed E-state index contributed by atoms with van der Waals surface area (Å²) in [5.74, 6) is 0.174. The molecule has 4 aromatic rings. The van der Waals surface area contributed by atoms with E-state index in [0.717, 1.165) is 5.56 Å². The minimum Gasteiger partial charge on any atom is -0.493 e. The molecule has 0 saturated carbocycles.